The second-order valence-corrected chi connectivity index (χ2v) is 8.99. The molecule has 0 N–H and O–H groups in total. The quantitative estimate of drug-likeness (QED) is 0.515. The number of urea groups is 1. The first-order valence-electron chi connectivity index (χ1n) is 11.3. The third kappa shape index (κ3) is 4.37. The van der Waals surface area contributed by atoms with Crippen LogP contribution in [0.2, 0.25) is 5.02 Å². The summed E-state index contributed by atoms with van der Waals surface area (Å²) in [5, 5.41) is 4.59. The van der Waals surface area contributed by atoms with Gasteiger partial charge in [-0.05, 0) is 37.0 Å². The molecule has 2 atom stereocenters. The van der Waals surface area contributed by atoms with Crippen molar-refractivity contribution in [3.05, 3.63) is 71.1 Å². The molecule has 2 heterocycles. The molecule has 0 radical (unpaired) electrons. The smallest absolute Gasteiger partial charge is 0.327 e. The predicted octanol–water partition coefficient (Wildman–Crippen LogP) is 4.96. The lowest BCUT2D eigenvalue weighted by atomic mass is 9.81. The Kier molecular flexibility index (Phi) is 6.13. The summed E-state index contributed by atoms with van der Waals surface area (Å²) in [6.45, 7) is 0.530. The average Bonchev–Trinajstić information content (AvgIpc) is 3.31. The zero-order valence-electron chi connectivity index (χ0n) is 18.2. The van der Waals surface area contributed by atoms with Crippen molar-refractivity contribution in [2.45, 2.75) is 44.7 Å². The van der Waals surface area contributed by atoms with Crippen LogP contribution in [0, 0.1) is 5.92 Å². The molecule has 1 aliphatic heterocycles. The number of benzene rings is 2. The maximum atomic E-state index is 13.5. The highest BCUT2D eigenvalue weighted by Crippen LogP contribution is 2.35. The average molecular weight is 465 g/mol. The number of carbonyl (C=O) groups is 2. The SMILES string of the molecule is O=C1C2CCCCC2N(Cc2nc(-c3ccccc3Cl)no2)C(=O)N1CCc1ccccc1. The van der Waals surface area contributed by atoms with E-state index in [9.17, 15) is 9.59 Å². The topological polar surface area (TPSA) is 79.5 Å². The molecule has 2 unspecified atom stereocenters. The molecule has 2 aliphatic rings. The Hall–Kier alpha value is -3.19. The maximum Gasteiger partial charge on any atom is 0.327 e. The summed E-state index contributed by atoms with van der Waals surface area (Å²) in [6.07, 6.45) is 4.22. The van der Waals surface area contributed by atoms with Crippen molar-refractivity contribution >= 4 is 23.5 Å². The highest BCUT2D eigenvalue weighted by Gasteiger charge is 2.47. The number of nitrogens with zero attached hydrogens (tertiary/aromatic N) is 4. The monoisotopic (exact) mass is 464 g/mol. The van der Waals surface area contributed by atoms with Gasteiger partial charge in [0.25, 0.3) is 0 Å². The lowest BCUT2D eigenvalue weighted by Gasteiger charge is -2.46. The minimum Gasteiger partial charge on any atom is -0.337 e. The molecule has 1 aromatic heterocycles. The van der Waals surface area contributed by atoms with E-state index in [0.717, 1.165) is 31.2 Å². The molecule has 3 aromatic rings. The van der Waals surface area contributed by atoms with Gasteiger partial charge in [-0.25, -0.2) is 4.79 Å². The van der Waals surface area contributed by atoms with Crippen LogP contribution in [0.1, 0.15) is 37.1 Å². The summed E-state index contributed by atoms with van der Waals surface area (Å²) < 4.78 is 5.48. The summed E-state index contributed by atoms with van der Waals surface area (Å²) in [6, 6.07) is 16.8. The molecule has 1 aliphatic carbocycles. The largest absolute Gasteiger partial charge is 0.337 e. The molecule has 3 amide bonds. The van der Waals surface area contributed by atoms with Crippen LogP contribution in [0.15, 0.2) is 59.1 Å². The van der Waals surface area contributed by atoms with Gasteiger partial charge in [-0.2, -0.15) is 4.98 Å². The van der Waals surface area contributed by atoms with Crippen molar-refractivity contribution < 1.29 is 14.1 Å². The Morgan fingerprint density at radius 2 is 1.76 bits per heavy atom. The Morgan fingerprint density at radius 1 is 1.00 bits per heavy atom. The van der Waals surface area contributed by atoms with E-state index in [1.807, 2.05) is 48.5 Å². The van der Waals surface area contributed by atoms with Crippen molar-refractivity contribution in [2.75, 3.05) is 6.54 Å². The van der Waals surface area contributed by atoms with Crippen LogP contribution in [-0.4, -0.2) is 44.5 Å². The van der Waals surface area contributed by atoms with Gasteiger partial charge in [0.1, 0.15) is 6.54 Å². The number of rotatable bonds is 6. The Labute approximate surface area is 197 Å². The first-order chi connectivity index (χ1) is 16.1. The molecule has 0 spiro atoms. The van der Waals surface area contributed by atoms with Gasteiger partial charge in [0.2, 0.25) is 17.6 Å². The summed E-state index contributed by atoms with van der Waals surface area (Å²) in [7, 11) is 0. The standard InChI is InChI=1S/C25H25ClN4O3/c26-20-12-6-4-10-18(20)23-27-22(33-28-23)16-30-21-13-7-5-11-19(21)24(31)29(25(30)32)15-14-17-8-2-1-3-9-17/h1-4,6,8-10,12,19,21H,5,7,11,13-16H2. The molecule has 5 rings (SSSR count). The van der Waals surface area contributed by atoms with Gasteiger partial charge in [-0.1, -0.05) is 72.1 Å². The minimum absolute atomic E-state index is 0.0563. The van der Waals surface area contributed by atoms with Crippen molar-refractivity contribution in [2.24, 2.45) is 5.92 Å². The molecule has 2 aromatic carbocycles. The Morgan fingerprint density at radius 3 is 2.58 bits per heavy atom. The molecule has 1 saturated carbocycles. The van der Waals surface area contributed by atoms with E-state index < -0.39 is 0 Å². The van der Waals surface area contributed by atoms with Crippen LogP contribution in [0.3, 0.4) is 0 Å². The van der Waals surface area contributed by atoms with Crippen molar-refractivity contribution in [3.63, 3.8) is 0 Å². The first kappa shape index (κ1) is 21.6. The number of amides is 3. The first-order valence-corrected chi connectivity index (χ1v) is 11.7. The molecule has 0 bridgehead atoms. The second kappa shape index (κ2) is 9.35. The fourth-order valence-corrected chi connectivity index (χ4v) is 5.08. The Balaban J connectivity index is 1.37. The summed E-state index contributed by atoms with van der Waals surface area (Å²) in [4.78, 5) is 34.3. The van der Waals surface area contributed by atoms with Gasteiger partial charge in [0.15, 0.2) is 0 Å². The van der Waals surface area contributed by atoms with Crippen molar-refractivity contribution in [1.29, 1.82) is 0 Å². The van der Waals surface area contributed by atoms with E-state index in [4.69, 9.17) is 16.1 Å². The van der Waals surface area contributed by atoms with Crippen LogP contribution in [0.4, 0.5) is 4.79 Å². The van der Waals surface area contributed by atoms with Gasteiger partial charge >= 0.3 is 6.03 Å². The van der Waals surface area contributed by atoms with Crippen LogP contribution >= 0.6 is 11.6 Å². The van der Waals surface area contributed by atoms with E-state index >= 15 is 0 Å². The van der Waals surface area contributed by atoms with Gasteiger partial charge in [-0.15, -0.1) is 0 Å². The summed E-state index contributed by atoms with van der Waals surface area (Å²) in [5.74, 6) is 0.481. The van der Waals surface area contributed by atoms with Crippen LogP contribution in [-0.2, 0) is 17.8 Å². The van der Waals surface area contributed by atoms with Crippen molar-refractivity contribution in [3.8, 4) is 11.4 Å². The Bertz CT molecular complexity index is 1150. The fourth-order valence-electron chi connectivity index (χ4n) is 4.86. The van der Waals surface area contributed by atoms with Crippen molar-refractivity contribution in [1.82, 2.24) is 19.9 Å². The molecule has 2 fully saturated rings. The third-order valence-corrected chi connectivity index (χ3v) is 6.87. The zero-order chi connectivity index (χ0) is 22.8. The lowest BCUT2D eigenvalue weighted by molar-refractivity contribution is -0.140. The number of aromatic nitrogens is 2. The normalized spacial score (nSPS) is 20.8. The maximum absolute atomic E-state index is 13.5. The lowest BCUT2D eigenvalue weighted by Crippen LogP contribution is -2.62. The molecular weight excluding hydrogens is 440 g/mol. The molecule has 1 saturated heterocycles. The molecular formula is C25H25ClN4O3. The van der Waals surface area contributed by atoms with Crippen LogP contribution in [0.25, 0.3) is 11.4 Å². The van der Waals surface area contributed by atoms with Gasteiger partial charge in [0, 0.05) is 18.2 Å². The number of fused-ring (bicyclic) bond motifs is 1. The third-order valence-electron chi connectivity index (χ3n) is 6.55. The van der Waals surface area contributed by atoms with Crippen LogP contribution < -0.4 is 0 Å². The van der Waals surface area contributed by atoms with E-state index in [0.29, 0.717) is 35.3 Å². The molecule has 7 nitrogen and oxygen atoms in total. The van der Waals surface area contributed by atoms with E-state index in [1.165, 1.54) is 4.90 Å². The number of hydrogen-bond donors (Lipinski definition) is 0. The zero-order valence-corrected chi connectivity index (χ0v) is 18.9. The highest BCUT2D eigenvalue weighted by atomic mass is 35.5. The number of halogens is 1. The summed E-state index contributed by atoms with van der Waals surface area (Å²) in [5.41, 5.74) is 1.77. The van der Waals surface area contributed by atoms with E-state index in [1.54, 1.807) is 11.0 Å². The molecule has 8 heteroatoms. The number of carbonyl (C=O) groups excluding carboxylic acids is 2. The fraction of sp³-hybridized carbons (Fsp3) is 0.360. The van der Waals surface area contributed by atoms with Gasteiger partial charge in [-0.3, -0.25) is 9.69 Å². The van der Waals surface area contributed by atoms with Gasteiger partial charge in [0.05, 0.1) is 10.9 Å². The van der Waals surface area contributed by atoms with E-state index in [2.05, 4.69) is 10.1 Å². The van der Waals surface area contributed by atoms with Gasteiger partial charge < -0.3 is 9.42 Å². The molecule has 33 heavy (non-hydrogen) atoms. The second-order valence-electron chi connectivity index (χ2n) is 8.59. The predicted molar refractivity (Wildman–Crippen MR) is 123 cm³/mol. The summed E-state index contributed by atoms with van der Waals surface area (Å²) >= 11 is 6.26. The van der Waals surface area contributed by atoms with Crippen LogP contribution in [0.5, 0.6) is 0 Å². The van der Waals surface area contributed by atoms with E-state index in [-0.39, 0.29) is 30.4 Å². The molecule has 170 valence electrons. The number of hydrogen-bond acceptors (Lipinski definition) is 5. The number of imide groups is 1. The highest BCUT2D eigenvalue weighted by molar-refractivity contribution is 6.33. The minimum atomic E-state index is -0.281.